The Labute approximate surface area is 106 Å². The minimum absolute atomic E-state index is 0.498. The second kappa shape index (κ2) is 3.38. The summed E-state index contributed by atoms with van der Waals surface area (Å²) in [6, 6.07) is 4.32. The maximum atomic E-state index is 8.96. The molecule has 0 aromatic carbocycles. The molecule has 1 aromatic rings. The summed E-state index contributed by atoms with van der Waals surface area (Å²) in [5, 5.41) is 12.4. The first-order valence-corrected chi connectivity index (χ1v) is 6.70. The molecule has 0 aliphatic heterocycles. The maximum absolute atomic E-state index is 8.96. The van der Waals surface area contributed by atoms with Crippen LogP contribution in [-0.4, -0.2) is 11.0 Å². The lowest BCUT2D eigenvalue weighted by molar-refractivity contribution is 0.456. The Morgan fingerprint density at radius 2 is 2.06 bits per heavy atom. The monoisotopic (exact) mass is 240 g/mol. The largest absolute Gasteiger partial charge is 0.395 e. The van der Waals surface area contributed by atoms with E-state index in [9.17, 15) is 0 Å². The molecular weight excluding hydrogens is 224 g/mol. The van der Waals surface area contributed by atoms with Crippen molar-refractivity contribution in [3.05, 3.63) is 17.8 Å². The number of pyridine rings is 1. The molecular formula is C14H16N4. The fourth-order valence-electron chi connectivity index (χ4n) is 4.36. The fraction of sp³-hybridized carbons (Fsp3) is 0.571. The summed E-state index contributed by atoms with van der Waals surface area (Å²) >= 11 is 0. The van der Waals surface area contributed by atoms with Crippen molar-refractivity contribution in [3.63, 3.8) is 0 Å². The van der Waals surface area contributed by atoms with E-state index in [0.29, 0.717) is 23.1 Å². The molecule has 3 fully saturated rings. The first kappa shape index (κ1) is 10.2. The smallest absolute Gasteiger partial charge is 0.150 e. The number of nitriles is 1. The van der Waals surface area contributed by atoms with E-state index in [4.69, 9.17) is 11.0 Å². The predicted molar refractivity (Wildman–Crippen MR) is 68.6 cm³/mol. The van der Waals surface area contributed by atoms with Gasteiger partial charge in [-0.2, -0.15) is 5.26 Å². The average molecular weight is 240 g/mol. The van der Waals surface area contributed by atoms with Gasteiger partial charge in [0.15, 0.2) is 5.82 Å². The van der Waals surface area contributed by atoms with Gasteiger partial charge in [-0.25, -0.2) is 4.98 Å². The zero-order valence-corrected chi connectivity index (χ0v) is 10.1. The van der Waals surface area contributed by atoms with Crippen LogP contribution >= 0.6 is 0 Å². The van der Waals surface area contributed by atoms with Gasteiger partial charge in [-0.3, -0.25) is 0 Å². The highest BCUT2D eigenvalue weighted by Gasteiger charge is 2.65. The molecule has 0 radical (unpaired) electrons. The molecule has 4 unspecified atom stereocenters. The van der Waals surface area contributed by atoms with Crippen molar-refractivity contribution in [1.82, 2.24) is 4.98 Å². The summed E-state index contributed by atoms with van der Waals surface area (Å²) in [4.78, 5) is 4.28. The van der Waals surface area contributed by atoms with E-state index < -0.39 is 0 Å². The quantitative estimate of drug-likeness (QED) is 0.829. The Kier molecular flexibility index (Phi) is 1.91. The van der Waals surface area contributed by atoms with Gasteiger partial charge in [0.1, 0.15) is 6.07 Å². The molecule has 3 saturated carbocycles. The molecule has 1 heterocycles. The predicted octanol–water partition coefficient (Wildman–Crippen LogP) is 1.99. The highest BCUT2D eigenvalue weighted by molar-refractivity contribution is 5.69. The zero-order chi connectivity index (χ0) is 12.3. The molecule has 2 bridgehead atoms. The van der Waals surface area contributed by atoms with Crippen molar-refractivity contribution >= 4 is 11.5 Å². The van der Waals surface area contributed by atoms with Crippen molar-refractivity contribution in [1.29, 1.82) is 5.26 Å². The number of nitrogen functional groups attached to an aromatic ring is 1. The molecule has 4 atom stereocenters. The van der Waals surface area contributed by atoms with Crippen molar-refractivity contribution in [2.45, 2.75) is 25.3 Å². The van der Waals surface area contributed by atoms with E-state index in [1.807, 2.05) is 0 Å². The summed E-state index contributed by atoms with van der Waals surface area (Å²) in [5.74, 6) is 4.25. The van der Waals surface area contributed by atoms with E-state index in [0.717, 1.165) is 23.7 Å². The third-order valence-electron chi connectivity index (χ3n) is 5.15. The molecule has 3 aliphatic carbocycles. The minimum Gasteiger partial charge on any atom is -0.395 e. The Bertz CT molecular complexity index is 531. The van der Waals surface area contributed by atoms with Gasteiger partial charge in [-0.15, -0.1) is 0 Å². The number of aromatic nitrogens is 1. The second-order valence-corrected chi connectivity index (χ2v) is 5.89. The number of rotatable bonds is 2. The van der Waals surface area contributed by atoms with E-state index in [1.165, 1.54) is 19.3 Å². The molecule has 4 nitrogen and oxygen atoms in total. The Morgan fingerprint density at radius 1 is 1.33 bits per heavy atom. The Hall–Kier alpha value is -1.76. The van der Waals surface area contributed by atoms with Crippen molar-refractivity contribution in [3.8, 4) is 6.07 Å². The van der Waals surface area contributed by atoms with Crippen LogP contribution in [0.1, 0.15) is 24.8 Å². The van der Waals surface area contributed by atoms with Gasteiger partial charge in [0.2, 0.25) is 0 Å². The fourth-order valence-corrected chi connectivity index (χ4v) is 4.36. The zero-order valence-electron chi connectivity index (χ0n) is 10.1. The summed E-state index contributed by atoms with van der Waals surface area (Å²) in [6.07, 6.45) is 5.91. The molecule has 92 valence electrons. The maximum Gasteiger partial charge on any atom is 0.150 e. The number of hydrogen-bond acceptors (Lipinski definition) is 4. The van der Waals surface area contributed by atoms with E-state index >= 15 is 0 Å². The van der Waals surface area contributed by atoms with E-state index in [-0.39, 0.29) is 0 Å². The van der Waals surface area contributed by atoms with Crippen LogP contribution < -0.4 is 11.1 Å². The summed E-state index contributed by atoms with van der Waals surface area (Å²) in [7, 11) is 0. The molecule has 18 heavy (non-hydrogen) atoms. The number of fused-ring (bicyclic) bond motifs is 5. The third-order valence-corrected chi connectivity index (χ3v) is 5.15. The molecule has 0 saturated heterocycles. The van der Waals surface area contributed by atoms with E-state index in [2.05, 4.69) is 16.4 Å². The number of nitrogens with two attached hydrogens (primary N) is 1. The SMILES string of the molecule is N#Cc1ccnc(NC2C3C4CCC(C4)C23)c1N. The summed E-state index contributed by atoms with van der Waals surface area (Å²) in [6.45, 7) is 0. The molecule has 4 rings (SSSR count). The van der Waals surface area contributed by atoms with Gasteiger partial charge >= 0.3 is 0 Å². The van der Waals surface area contributed by atoms with Gasteiger partial charge in [0.25, 0.3) is 0 Å². The number of hydrogen-bond donors (Lipinski definition) is 2. The van der Waals surface area contributed by atoms with Crippen LogP contribution in [0, 0.1) is 35.0 Å². The second-order valence-electron chi connectivity index (χ2n) is 5.89. The molecule has 0 spiro atoms. The van der Waals surface area contributed by atoms with Gasteiger partial charge in [0, 0.05) is 12.2 Å². The molecule has 3 N–H and O–H groups in total. The highest BCUT2D eigenvalue weighted by Crippen LogP contribution is 2.66. The topological polar surface area (TPSA) is 74.7 Å². The van der Waals surface area contributed by atoms with Crippen LogP contribution in [-0.2, 0) is 0 Å². The molecule has 3 aliphatic rings. The lowest BCUT2D eigenvalue weighted by atomic mass is 10.0. The van der Waals surface area contributed by atoms with Crippen LogP contribution in [0.3, 0.4) is 0 Å². The molecule has 1 aromatic heterocycles. The van der Waals surface area contributed by atoms with E-state index in [1.54, 1.807) is 12.3 Å². The van der Waals surface area contributed by atoms with Crippen LogP contribution in [0.5, 0.6) is 0 Å². The lowest BCUT2D eigenvalue weighted by Crippen LogP contribution is -2.15. The summed E-state index contributed by atoms with van der Waals surface area (Å²) in [5.41, 5.74) is 6.97. The molecule has 0 amide bonds. The van der Waals surface area contributed by atoms with Crippen molar-refractivity contribution < 1.29 is 0 Å². The summed E-state index contributed by atoms with van der Waals surface area (Å²) < 4.78 is 0. The standard InChI is InChI=1S/C14H16N4/c15-6-9-3-4-17-14(12(9)16)18-13-10-7-1-2-8(5-7)11(10)13/h3-4,7-8,10-11,13H,1-2,5,16H2,(H,17,18). The first-order valence-electron chi connectivity index (χ1n) is 6.70. The molecule has 4 heteroatoms. The Balaban J connectivity index is 1.56. The van der Waals surface area contributed by atoms with Crippen LogP contribution in [0.2, 0.25) is 0 Å². The van der Waals surface area contributed by atoms with Crippen molar-refractivity contribution in [2.75, 3.05) is 11.1 Å². The van der Waals surface area contributed by atoms with Gasteiger partial charge in [-0.05, 0) is 49.0 Å². The third kappa shape index (κ3) is 1.22. The van der Waals surface area contributed by atoms with Crippen LogP contribution in [0.25, 0.3) is 0 Å². The minimum atomic E-state index is 0.498. The lowest BCUT2D eigenvalue weighted by Gasteiger charge is -2.13. The van der Waals surface area contributed by atoms with Gasteiger partial charge < -0.3 is 11.1 Å². The van der Waals surface area contributed by atoms with Crippen molar-refractivity contribution in [2.24, 2.45) is 23.7 Å². The van der Waals surface area contributed by atoms with Gasteiger partial charge in [0.05, 0.1) is 11.3 Å². The van der Waals surface area contributed by atoms with Gasteiger partial charge in [-0.1, -0.05) is 0 Å². The number of nitrogens with one attached hydrogen (secondary N) is 1. The number of nitrogens with zero attached hydrogens (tertiary/aromatic N) is 2. The van der Waals surface area contributed by atoms with Crippen LogP contribution in [0.4, 0.5) is 11.5 Å². The normalized spacial score (nSPS) is 39.2. The first-order chi connectivity index (χ1) is 8.79. The highest BCUT2D eigenvalue weighted by atomic mass is 15.1. The Morgan fingerprint density at radius 3 is 2.72 bits per heavy atom. The average Bonchev–Trinajstić information content (AvgIpc) is 2.79. The van der Waals surface area contributed by atoms with Crippen LogP contribution in [0.15, 0.2) is 12.3 Å². The number of anilines is 2.